The molecule has 0 aliphatic carbocycles. The van der Waals surface area contributed by atoms with Gasteiger partial charge in [0, 0.05) is 25.2 Å². The summed E-state index contributed by atoms with van der Waals surface area (Å²) in [6.45, 7) is 3.05. The fraction of sp³-hybridized carbons (Fsp3) is 0.417. The van der Waals surface area contributed by atoms with Crippen molar-refractivity contribution in [3.63, 3.8) is 0 Å². The highest BCUT2D eigenvalue weighted by Crippen LogP contribution is 2.38. The fourth-order valence-electron chi connectivity index (χ4n) is 4.50. The van der Waals surface area contributed by atoms with Crippen molar-refractivity contribution < 1.29 is 23.8 Å². The summed E-state index contributed by atoms with van der Waals surface area (Å²) in [5.41, 5.74) is 3.00. The molecule has 0 spiro atoms. The Hall–Kier alpha value is -3.42. The molecule has 1 saturated heterocycles. The lowest BCUT2D eigenvalue weighted by Crippen LogP contribution is -2.48. The zero-order chi connectivity index (χ0) is 22.8. The number of benzene rings is 2. The van der Waals surface area contributed by atoms with E-state index >= 15 is 0 Å². The molecule has 8 heteroatoms. The molecule has 2 aromatic rings. The minimum Gasteiger partial charge on any atom is -0.497 e. The Morgan fingerprint density at radius 3 is 2.38 bits per heavy atom. The fourth-order valence-corrected chi connectivity index (χ4v) is 4.50. The molecule has 2 heterocycles. The minimum absolute atomic E-state index is 0.00524. The summed E-state index contributed by atoms with van der Waals surface area (Å²) in [4.78, 5) is 29.2. The number of amides is 3. The Labute approximate surface area is 188 Å². The van der Waals surface area contributed by atoms with Crippen LogP contribution in [0.1, 0.15) is 30.5 Å². The number of fused-ring (bicyclic) bond motifs is 1. The Kier molecular flexibility index (Phi) is 6.12. The van der Waals surface area contributed by atoms with Crippen LogP contribution in [-0.2, 0) is 11.2 Å². The van der Waals surface area contributed by atoms with Crippen molar-refractivity contribution >= 4 is 17.6 Å². The maximum Gasteiger partial charge on any atom is 0.318 e. The number of nitrogens with one attached hydrogen (secondary N) is 1. The van der Waals surface area contributed by atoms with E-state index in [-0.39, 0.29) is 30.4 Å². The van der Waals surface area contributed by atoms with Crippen molar-refractivity contribution in [1.29, 1.82) is 0 Å². The zero-order valence-electron chi connectivity index (χ0n) is 18.9. The highest BCUT2D eigenvalue weighted by Gasteiger charge is 2.35. The molecular formula is C24H29N3O5. The van der Waals surface area contributed by atoms with Gasteiger partial charge >= 0.3 is 6.03 Å². The largest absolute Gasteiger partial charge is 0.497 e. The molecule has 1 N–H and O–H groups in total. The third kappa shape index (κ3) is 4.04. The highest BCUT2D eigenvalue weighted by atomic mass is 16.5. The van der Waals surface area contributed by atoms with Crippen LogP contribution in [0.4, 0.5) is 10.5 Å². The number of hydrogen-bond donors (Lipinski definition) is 1. The maximum absolute atomic E-state index is 13.1. The third-order valence-electron chi connectivity index (χ3n) is 6.28. The van der Waals surface area contributed by atoms with Crippen LogP contribution < -0.4 is 24.4 Å². The molecule has 1 fully saturated rings. The summed E-state index contributed by atoms with van der Waals surface area (Å²) in [6, 6.07) is 10.8. The van der Waals surface area contributed by atoms with Crippen molar-refractivity contribution in [1.82, 2.24) is 10.2 Å². The molecule has 32 heavy (non-hydrogen) atoms. The van der Waals surface area contributed by atoms with E-state index in [0.717, 1.165) is 29.0 Å². The minimum atomic E-state index is -0.240. The van der Waals surface area contributed by atoms with E-state index in [1.54, 1.807) is 26.2 Å². The predicted octanol–water partition coefficient (Wildman–Crippen LogP) is 3.15. The van der Waals surface area contributed by atoms with E-state index in [0.29, 0.717) is 24.6 Å². The van der Waals surface area contributed by atoms with Crippen LogP contribution in [0.15, 0.2) is 36.4 Å². The average Bonchev–Trinajstić information content (AvgIpc) is 3.18. The average molecular weight is 440 g/mol. The van der Waals surface area contributed by atoms with E-state index in [1.165, 1.54) is 0 Å². The molecule has 4 rings (SSSR count). The van der Waals surface area contributed by atoms with Gasteiger partial charge in [0.1, 0.15) is 5.75 Å². The van der Waals surface area contributed by atoms with Gasteiger partial charge in [-0.1, -0.05) is 0 Å². The summed E-state index contributed by atoms with van der Waals surface area (Å²) in [6.07, 6.45) is 1.01. The van der Waals surface area contributed by atoms with Gasteiger partial charge in [0.05, 0.1) is 33.4 Å². The van der Waals surface area contributed by atoms with E-state index in [4.69, 9.17) is 14.2 Å². The summed E-state index contributed by atoms with van der Waals surface area (Å²) in [5.74, 6) is 2.07. The maximum atomic E-state index is 13.1. The molecule has 3 amide bonds. The summed E-state index contributed by atoms with van der Waals surface area (Å²) >= 11 is 0. The first kappa shape index (κ1) is 21.8. The number of hydrogen-bond acceptors (Lipinski definition) is 5. The quantitative estimate of drug-likeness (QED) is 0.774. The van der Waals surface area contributed by atoms with E-state index in [2.05, 4.69) is 5.32 Å². The molecule has 2 aromatic carbocycles. The number of carbonyl (C=O) groups is 2. The molecule has 0 aromatic heterocycles. The van der Waals surface area contributed by atoms with Gasteiger partial charge in [-0.3, -0.25) is 4.79 Å². The molecule has 0 saturated carbocycles. The van der Waals surface area contributed by atoms with Crippen molar-refractivity contribution in [3.05, 3.63) is 47.5 Å². The van der Waals surface area contributed by atoms with Gasteiger partial charge in [-0.05, 0) is 60.9 Å². The van der Waals surface area contributed by atoms with E-state index < -0.39 is 0 Å². The number of anilines is 1. The Bertz CT molecular complexity index is 1010. The van der Waals surface area contributed by atoms with Crippen molar-refractivity contribution in [2.75, 3.05) is 39.3 Å². The number of urea groups is 1. The number of methoxy groups -OCH3 is 3. The second-order valence-electron chi connectivity index (χ2n) is 8.08. The smallest absolute Gasteiger partial charge is 0.318 e. The van der Waals surface area contributed by atoms with Crippen LogP contribution in [0, 0.1) is 0 Å². The Balaban J connectivity index is 1.43. The molecule has 8 nitrogen and oxygen atoms in total. The number of ether oxygens (including phenoxy) is 3. The first-order valence-corrected chi connectivity index (χ1v) is 10.7. The van der Waals surface area contributed by atoms with Crippen LogP contribution in [0.3, 0.4) is 0 Å². The van der Waals surface area contributed by atoms with Gasteiger partial charge in [-0.2, -0.15) is 0 Å². The molecule has 0 unspecified atom stereocenters. The van der Waals surface area contributed by atoms with Crippen LogP contribution in [0.25, 0.3) is 0 Å². The Morgan fingerprint density at radius 1 is 1.03 bits per heavy atom. The van der Waals surface area contributed by atoms with Gasteiger partial charge in [0.2, 0.25) is 5.91 Å². The predicted molar refractivity (Wildman–Crippen MR) is 121 cm³/mol. The standard InChI is InChI=1S/C24H29N3O5/c1-15-20-13-22(32-4)21(31-3)11-16(20)9-10-26(15)24(29)25-17-12-23(28)27(14-17)18-5-7-19(30-2)8-6-18/h5-8,11,13,15,17H,9-10,12,14H2,1-4H3,(H,25,29)/t15-,17-/m0/s1. The lowest BCUT2D eigenvalue weighted by Gasteiger charge is -2.36. The molecule has 0 bridgehead atoms. The van der Waals surface area contributed by atoms with Gasteiger partial charge in [0.25, 0.3) is 0 Å². The second kappa shape index (κ2) is 8.98. The number of nitrogens with zero attached hydrogens (tertiary/aromatic N) is 2. The summed E-state index contributed by atoms with van der Waals surface area (Å²) in [7, 11) is 4.83. The SMILES string of the molecule is COc1ccc(N2C[C@@H](NC(=O)N3CCc4cc(OC)c(OC)cc4[C@@H]3C)CC2=O)cc1. The number of carbonyl (C=O) groups excluding carboxylic acids is 2. The van der Waals surface area contributed by atoms with Gasteiger partial charge in [0.15, 0.2) is 11.5 Å². The summed E-state index contributed by atoms with van der Waals surface area (Å²) < 4.78 is 16.0. The van der Waals surface area contributed by atoms with E-state index in [9.17, 15) is 9.59 Å². The van der Waals surface area contributed by atoms with Gasteiger partial charge in [-0.15, -0.1) is 0 Å². The molecule has 2 aliphatic rings. The third-order valence-corrected chi connectivity index (χ3v) is 6.28. The van der Waals surface area contributed by atoms with Crippen LogP contribution in [0.5, 0.6) is 17.2 Å². The first-order valence-electron chi connectivity index (χ1n) is 10.7. The molecule has 170 valence electrons. The van der Waals surface area contributed by atoms with Crippen molar-refractivity contribution in [3.8, 4) is 17.2 Å². The molecule has 2 aliphatic heterocycles. The topological polar surface area (TPSA) is 80.3 Å². The zero-order valence-corrected chi connectivity index (χ0v) is 18.9. The molecule has 0 radical (unpaired) electrons. The molecule has 2 atom stereocenters. The number of rotatable bonds is 5. The van der Waals surface area contributed by atoms with E-state index in [1.807, 2.05) is 48.2 Å². The van der Waals surface area contributed by atoms with Gasteiger partial charge < -0.3 is 29.3 Å². The van der Waals surface area contributed by atoms with Gasteiger partial charge in [-0.25, -0.2) is 4.79 Å². The van der Waals surface area contributed by atoms with Crippen LogP contribution in [-0.4, -0.2) is 57.3 Å². The first-order chi connectivity index (χ1) is 15.4. The lowest BCUT2D eigenvalue weighted by molar-refractivity contribution is -0.117. The monoisotopic (exact) mass is 439 g/mol. The highest BCUT2D eigenvalue weighted by molar-refractivity contribution is 5.96. The van der Waals surface area contributed by atoms with Crippen LogP contribution >= 0.6 is 0 Å². The second-order valence-corrected chi connectivity index (χ2v) is 8.08. The Morgan fingerprint density at radius 2 is 1.72 bits per heavy atom. The van der Waals surface area contributed by atoms with Crippen LogP contribution in [0.2, 0.25) is 0 Å². The van der Waals surface area contributed by atoms with Crippen molar-refractivity contribution in [2.45, 2.75) is 31.8 Å². The normalized spacial score (nSPS) is 20.1. The summed E-state index contributed by atoms with van der Waals surface area (Å²) in [5, 5.41) is 3.06. The van der Waals surface area contributed by atoms with Crippen molar-refractivity contribution in [2.24, 2.45) is 0 Å². The lowest BCUT2D eigenvalue weighted by atomic mass is 9.93. The molecular weight excluding hydrogens is 410 g/mol.